The lowest BCUT2D eigenvalue weighted by Gasteiger charge is -2.35. The summed E-state index contributed by atoms with van der Waals surface area (Å²) in [5.41, 5.74) is 2.90. The Kier molecular flexibility index (Phi) is 7.43. The Morgan fingerprint density at radius 1 is 0.973 bits per heavy atom. The third-order valence-corrected chi connectivity index (χ3v) is 7.58. The van der Waals surface area contributed by atoms with Crippen molar-refractivity contribution >= 4 is 45.1 Å². The van der Waals surface area contributed by atoms with Gasteiger partial charge in [-0.05, 0) is 35.7 Å². The van der Waals surface area contributed by atoms with Gasteiger partial charge in [-0.25, -0.2) is 4.98 Å². The Hall–Kier alpha value is -3.82. The normalized spacial score (nSPS) is 13.7. The highest BCUT2D eigenvalue weighted by Crippen LogP contribution is 2.33. The van der Waals surface area contributed by atoms with Gasteiger partial charge < -0.3 is 14.5 Å². The first-order chi connectivity index (χ1) is 18.1. The summed E-state index contributed by atoms with van der Waals surface area (Å²) in [6, 6.07) is 20.1. The lowest BCUT2D eigenvalue weighted by Crippen LogP contribution is -2.49. The zero-order valence-electron chi connectivity index (χ0n) is 20.9. The molecule has 1 aliphatic heterocycles. The van der Waals surface area contributed by atoms with Crippen molar-refractivity contribution in [1.29, 1.82) is 0 Å². The predicted octanol–water partition coefficient (Wildman–Crippen LogP) is 4.47. The third kappa shape index (κ3) is 5.47. The molecule has 1 fully saturated rings. The van der Waals surface area contributed by atoms with Crippen LogP contribution in [0.1, 0.15) is 22.2 Å². The molecule has 1 N–H and O–H groups in total. The van der Waals surface area contributed by atoms with Crippen LogP contribution >= 0.6 is 11.3 Å². The van der Waals surface area contributed by atoms with E-state index in [0.29, 0.717) is 31.7 Å². The van der Waals surface area contributed by atoms with E-state index >= 15 is 0 Å². The van der Waals surface area contributed by atoms with E-state index < -0.39 is 0 Å². The van der Waals surface area contributed by atoms with Crippen molar-refractivity contribution in [3.8, 4) is 11.1 Å². The Morgan fingerprint density at radius 2 is 1.68 bits per heavy atom. The van der Waals surface area contributed by atoms with Crippen LogP contribution in [-0.2, 0) is 16.0 Å². The average molecular weight is 516 g/mol. The maximum absolute atomic E-state index is 13.2. The molecule has 3 heterocycles. The van der Waals surface area contributed by atoms with Crippen LogP contribution in [-0.4, -0.2) is 66.6 Å². The van der Waals surface area contributed by atoms with Gasteiger partial charge in [-0.2, -0.15) is 4.98 Å². The number of anilines is 2. The van der Waals surface area contributed by atoms with Crippen molar-refractivity contribution in [2.75, 3.05) is 50.1 Å². The van der Waals surface area contributed by atoms with Gasteiger partial charge in [-0.3, -0.25) is 14.9 Å². The number of nitrogens with zero attached hydrogens (tertiary/aromatic N) is 4. The highest BCUT2D eigenvalue weighted by molar-refractivity contribution is 7.18. The van der Waals surface area contributed by atoms with E-state index in [1.807, 2.05) is 47.4 Å². The van der Waals surface area contributed by atoms with Crippen LogP contribution in [0, 0.1) is 0 Å². The number of hydrogen-bond acceptors (Lipinski definition) is 7. The van der Waals surface area contributed by atoms with Crippen molar-refractivity contribution in [3.63, 3.8) is 0 Å². The van der Waals surface area contributed by atoms with Crippen LogP contribution in [0.3, 0.4) is 0 Å². The summed E-state index contributed by atoms with van der Waals surface area (Å²) in [5, 5.41) is 3.71. The minimum atomic E-state index is -0.297. The summed E-state index contributed by atoms with van der Waals surface area (Å²) in [4.78, 5) is 40.6. The molecule has 0 bridgehead atoms. The predicted molar refractivity (Wildman–Crippen MR) is 147 cm³/mol. The second kappa shape index (κ2) is 11.1. The topological polar surface area (TPSA) is 87.7 Å². The summed E-state index contributed by atoms with van der Waals surface area (Å²) in [7, 11) is 1.47. The Morgan fingerprint density at radius 3 is 2.35 bits per heavy atom. The second-order valence-corrected chi connectivity index (χ2v) is 9.97. The number of hydrogen-bond donors (Lipinski definition) is 1. The quantitative estimate of drug-likeness (QED) is 0.391. The minimum absolute atomic E-state index is 0.0309. The first kappa shape index (κ1) is 24.9. The number of rotatable bonds is 7. The fourth-order valence-corrected chi connectivity index (χ4v) is 5.42. The monoisotopic (exact) mass is 515 g/mol. The second-order valence-electron chi connectivity index (χ2n) is 8.86. The molecular weight excluding hydrogens is 486 g/mol. The number of piperazine rings is 1. The maximum Gasteiger partial charge on any atom is 0.253 e. The van der Waals surface area contributed by atoms with Gasteiger partial charge in [-0.1, -0.05) is 49.4 Å². The van der Waals surface area contributed by atoms with Crippen LogP contribution in [0.25, 0.3) is 21.3 Å². The first-order valence-corrected chi connectivity index (χ1v) is 13.2. The number of amides is 2. The number of thiophene rings is 1. The maximum atomic E-state index is 13.2. The molecule has 4 aromatic rings. The van der Waals surface area contributed by atoms with Crippen LogP contribution in [0.2, 0.25) is 0 Å². The molecule has 2 aromatic heterocycles. The molecule has 0 saturated carbocycles. The van der Waals surface area contributed by atoms with E-state index in [0.717, 1.165) is 33.6 Å². The molecule has 5 rings (SSSR count). The first-order valence-electron chi connectivity index (χ1n) is 12.3. The average Bonchev–Trinajstić information content (AvgIpc) is 3.36. The minimum Gasteiger partial charge on any atom is -0.375 e. The fourth-order valence-electron chi connectivity index (χ4n) is 4.46. The molecule has 190 valence electrons. The van der Waals surface area contributed by atoms with Crippen molar-refractivity contribution < 1.29 is 14.3 Å². The zero-order valence-corrected chi connectivity index (χ0v) is 21.8. The van der Waals surface area contributed by atoms with Crippen LogP contribution in [0.15, 0.2) is 60.7 Å². The van der Waals surface area contributed by atoms with Gasteiger partial charge in [-0.15, -0.1) is 11.3 Å². The standard InChI is InChI=1S/C28H29N5O3S/c1-3-22-17-23-25(30-28(31-26(23)37-22)29-24(34)18-36-2)32-13-15-33(16-14-32)27(35)21-11-9-20(10-12-21)19-7-5-4-6-8-19/h4-12,17H,3,13-16,18H2,1-2H3,(H,29,30,31,34). The molecule has 0 atom stereocenters. The Bertz CT molecular complexity index is 1400. The highest BCUT2D eigenvalue weighted by atomic mass is 32.1. The van der Waals surface area contributed by atoms with Gasteiger partial charge in [0, 0.05) is 43.7 Å². The van der Waals surface area contributed by atoms with Crippen molar-refractivity contribution in [2.45, 2.75) is 13.3 Å². The molecule has 0 radical (unpaired) electrons. The smallest absolute Gasteiger partial charge is 0.253 e. The number of fused-ring (bicyclic) bond motifs is 1. The van der Waals surface area contributed by atoms with E-state index in [1.54, 1.807) is 11.3 Å². The number of ether oxygens (including phenoxy) is 1. The van der Waals surface area contributed by atoms with Crippen molar-refractivity contribution in [3.05, 3.63) is 71.1 Å². The highest BCUT2D eigenvalue weighted by Gasteiger charge is 2.25. The fraction of sp³-hybridized carbons (Fsp3) is 0.286. The van der Waals surface area contributed by atoms with Gasteiger partial charge >= 0.3 is 0 Å². The Balaban J connectivity index is 1.31. The van der Waals surface area contributed by atoms with E-state index in [9.17, 15) is 9.59 Å². The number of benzene rings is 2. The van der Waals surface area contributed by atoms with Gasteiger partial charge in [0.05, 0.1) is 5.39 Å². The zero-order chi connectivity index (χ0) is 25.8. The molecule has 1 saturated heterocycles. The van der Waals surface area contributed by atoms with E-state index in [1.165, 1.54) is 12.0 Å². The van der Waals surface area contributed by atoms with E-state index in [4.69, 9.17) is 9.72 Å². The molecular formula is C28H29N5O3S. The Labute approximate surface area is 219 Å². The van der Waals surface area contributed by atoms with Crippen LogP contribution < -0.4 is 10.2 Å². The van der Waals surface area contributed by atoms with Crippen molar-refractivity contribution in [2.24, 2.45) is 0 Å². The molecule has 2 amide bonds. The van der Waals surface area contributed by atoms with Gasteiger partial charge in [0.15, 0.2) is 0 Å². The van der Waals surface area contributed by atoms with Gasteiger partial charge in [0.2, 0.25) is 5.95 Å². The molecule has 0 unspecified atom stereocenters. The molecule has 9 heteroatoms. The number of carbonyl (C=O) groups is 2. The van der Waals surface area contributed by atoms with Gasteiger partial charge in [0.1, 0.15) is 17.3 Å². The largest absolute Gasteiger partial charge is 0.375 e. The van der Waals surface area contributed by atoms with Crippen LogP contribution in [0.5, 0.6) is 0 Å². The van der Waals surface area contributed by atoms with Crippen LogP contribution in [0.4, 0.5) is 11.8 Å². The lowest BCUT2D eigenvalue weighted by atomic mass is 10.0. The summed E-state index contributed by atoms with van der Waals surface area (Å²) < 4.78 is 4.92. The number of carbonyl (C=O) groups excluding carboxylic acids is 2. The summed E-state index contributed by atoms with van der Waals surface area (Å²) in [6.07, 6.45) is 0.900. The van der Waals surface area contributed by atoms with E-state index in [2.05, 4.69) is 40.3 Å². The number of nitrogens with one attached hydrogen (secondary N) is 1. The molecule has 0 aliphatic carbocycles. The molecule has 37 heavy (non-hydrogen) atoms. The molecule has 8 nitrogen and oxygen atoms in total. The molecule has 2 aromatic carbocycles. The van der Waals surface area contributed by atoms with E-state index in [-0.39, 0.29) is 24.4 Å². The van der Waals surface area contributed by atoms with Gasteiger partial charge in [0.25, 0.3) is 11.8 Å². The number of aryl methyl sites for hydroxylation is 1. The molecule has 1 aliphatic rings. The summed E-state index contributed by atoms with van der Waals surface area (Å²) in [6.45, 7) is 4.50. The summed E-state index contributed by atoms with van der Waals surface area (Å²) >= 11 is 1.61. The SMILES string of the molecule is CCc1cc2c(N3CCN(C(=O)c4ccc(-c5ccccc5)cc4)CC3)nc(NC(=O)COC)nc2s1. The number of methoxy groups -OCH3 is 1. The van der Waals surface area contributed by atoms with Crippen molar-refractivity contribution in [1.82, 2.24) is 14.9 Å². The third-order valence-electron chi connectivity index (χ3n) is 6.40. The lowest BCUT2D eigenvalue weighted by molar-refractivity contribution is -0.119. The number of aromatic nitrogens is 2. The summed E-state index contributed by atoms with van der Waals surface area (Å²) in [5.74, 6) is 0.788. The molecule has 0 spiro atoms.